The van der Waals surface area contributed by atoms with E-state index in [1.54, 1.807) is 6.26 Å². The van der Waals surface area contributed by atoms with Gasteiger partial charge in [-0.2, -0.15) is 0 Å². The number of rotatable bonds is 11. The Labute approximate surface area is 112 Å². The first-order chi connectivity index (χ1) is 8.86. The fraction of sp³-hybridized carbons (Fsp3) is 0.733. The molecular weight excluding hydrogens is 224 g/mol. The maximum atomic E-state index is 5.29. The molecule has 3 nitrogen and oxygen atoms in total. The molecule has 0 saturated heterocycles. The third-order valence-electron chi connectivity index (χ3n) is 3.14. The lowest BCUT2D eigenvalue weighted by atomic mass is 10.2. The van der Waals surface area contributed by atoms with Gasteiger partial charge in [-0.05, 0) is 38.1 Å². The van der Waals surface area contributed by atoms with Crippen molar-refractivity contribution in [2.45, 2.75) is 46.1 Å². The van der Waals surface area contributed by atoms with Crippen LogP contribution in [-0.4, -0.2) is 31.1 Å². The van der Waals surface area contributed by atoms with E-state index in [9.17, 15) is 0 Å². The molecule has 0 aromatic carbocycles. The fourth-order valence-electron chi connectivity index (χ4n) is 1.96. The topological polar surface area (TPSA) is 28.4 Å². The molecule has 104 valence electrons. The van der Waals surface area contributed by atoms with Gasteiger partial charge in [0.2, 0.25) is 0 Å². The van der Waals surface area contributed by atoms with Gasteiger partial charge in [-0.1, -0.05) is 26.7 Å². The van der Waals surface area contributed by atoms with Crippen LogP contribution in [0.25, 0.3) is 0 Å². The molecule has 0 aliphatic carbocycles. The maximum absolute atomic E-state index is 5.29. The predicted molar refractivity (Wildman–Crippen MR) is 76.7 cm³/mol. The normalized spacial score (nSPS) is 11.3. The van der Waals surface area contributed by atoms with Gasteiger partial charge < -0.3 is 14.6 Å². The maximum Gasteiger partial charge on any atom is 0.117 e. The van der Waals surface area contributed by atoms with Crippen LogP contribution < -0.4 is 5.32 Å². The molecule has 1 heterocycles. The van der Waals surface area contributed by atoms with Crippen molar-refractivity contribution in [3.63, 3.8) is 0 Å². The van der Waals surface area contributed by atoms with Gasteiger partial charge in [0, 0.05) is 13.1 Å². The molecule has 0 atom stereocenters. The average molecular weight is 252 g/mol. The summed E-state index contributed by atoms with van der Waals surface area (Å²) >= 11 is 0. The molecule has 1 aromatic heterocycles. The zero-order valence-corrected chi connectivity index (χ0v) is 12.0. The van der Waals surface area contributed by atoms with Gasteiger partial charge in [0.15, 0.2) is 0 Å². The predicted octanol–water partition coefficient (Wildman–Crippen LogP) is 3.27. The van der Waals surface area contributed by atoms with E-state index in [1.807, 2.05) is 12.1 Å². The minimum absolute atomic E-state index is 0.836. The van der Waals surface area contributed by atoms with Crippen LogP contribution in [0.15, 0.2) is 22.8 Å². The molecule has 0 aliphatic heterocycles. The van der Waals surface area contributed by atoms with Gasteiger partial charge in [-0.3, -0.25) is 0 Å². The Morgan fingerprint density at radius 2 is 1.83 bits per heavy atom. The highest BCUT2D eigenvalue weighted by Gasteiger charge is 2.03. The highest BCUT2D eigenvalue weighted by atomic mass is 16.3. The van der Waals surface area contributed by atoms with Crippen LogP contribution in [0.1, 0.15) is 45.3 Å². The van der Waals surface area contributed by atoms with E-state index in [0.717, 1.165) is 25.4 Å². The first-order valence-corrected chi connectivity index (χ1v) is 7.32. The molecule has 0 aliphatic rings. The lowest BCUT2D eigenvalue weighted by molar-refractivity contribution is 0.263. The summed E-state index contributed by atoms with van der Waals surface area (Å²) in [6.45, 7) is 10.00. The van der Waals surface area contributed by atoms with Crippen molar-refractivity contribution in [1.29, 1.82) is 0 Å². The third-order valence-corrected chi connectivity index (χ3v) is 3.14. The van der Waals surface area contributed by atoms with Crippen molar-refractivity contribution in [1.82, 2.24) is 10.2 Å². The van der Waals surface area contributed by atoms with Crippen LogP contribution in [0.2, 0.25) is 0 Å². The Morgan fingerprint density at radius 1 is 1.11 bits per heavy atom. The highest BCUT2D eigenvalue weighted by molar-refractivity contribution is 4.97. The largest absolute Gasteiger partial charge is 0.468 e. The van der Waals surface area contributed by atoms with Gasteiger partial charge in [-0.25, -0.2) is 0 Å². The quantitative estimate of drug-likeness (QED) is 0.613. The molecule has 0 unspecified atom stereocenters. The summed E-state index contributed by atoms with van der Waals surface area (Å²) in [5.74, 6) is 1.02. The van der Waals surface area contributed by atoms with Crippen molar-refractivity contribution in [2.75, 3.05) is 26.2 Å². The van der Waals surface area contributed by atoms with E-state index >= 15 is 0 Å². The summed E-state index contributed by atoms with van der Waals surface area (Å²) in [5.41, 5.74) is 0. The molecule has 0 saturated carbocycles. The van der Waals surface area contributed by atoms with Gasteiger partial charge >= 0.3 is 0 Å². The summed E-state index contributed by atoms with van der Waals surface area (Å²) in [7, 11) is 0. The summed E-state index contributed by atoms with van der Waals surface area (Å²) in [6, 6.07) is 3.95. The zero-order chi connectivity index (χ0) is 13.1. The minimum atomic E-state index is 0.836. The van der Waals surface area contributed by atoms with Crippen LogP contribution >= 0.6 is 0 Å². The van der Waals surface area contributed by atoms with Crippen molar-refractivity contribution < 1.29 is 4.42 Å². The first-order valence-electron chi connectivity index (χ1n) is 7.32. The van der Waals surface area contributed by atoms with Gasteiger partial charge in [0.1, 0.15) is 5.76 Å². The van der Waals surface area contributed by atoms with Crippen molar-refractivity contribution >= 4 is 0 Å². The molecule has 1 rings (SSSR count). The number of furan rings is 1. The molecule has 1 aromatic rings. The number of hydrogen-bond acceptors (Lipinski definition) is 3. The SMILES string of the molecule is CCCCN(CCCC)CCNCc1ccco1. The second-order valence-corrected chi connectivity index (χ2v) is 4.80. The van der Waals surface area contributed by atoms with E-state index in [1.165, 1.54) is 38.8 Å². The number of nitrogens with one attached hydrogen (secondary N) is 1. The monoisotopic (exact) mass is 252 g/mol. The number of hydrogen-bond donors (Lipinski definition) is 1. The first kappa shape index (κ1) is 15.3. The van der Waals surface area contributed by atoms with Gasteiger partial charge in [0.25, 0.3) is 0 Å². The molecule has 0 spiro atoms. The van der Waals surface area contributed by atoms with E-state index in [2.05, 4.69) is 24.1 Å². The van der Waals surface area contributed by atoms with E-state index < -0.39 is 0 Å². The Kier molecular flexibility index (Phi) is 8.61. The van der Waals surface area contributed by atoms with Crippen LogP contribution in [0, 0.1) is 0 Å². The lowest BCUT2D eigenvalue weighted by Gasteiger charge is -2.21. The molecular formula is C15H28N2O. The number of nitrogens with zero attached hydrogens (tertiary/aromatic N) is 1. The van der Waals surface area contributed by atoms with E-state index in [0.29, 0.717) is 0 Å². The second-order valence-electron chi connectivity index (χ2n) is 4.80. The Morgan fingerprint density at radius 3 is 2.39 bits per heavy atom. The van der Waals surface area contributed by atoms with E-state index in [-0.39, 0.29) is 0 Å². The zero-order valence-electron chi connectivity index (χ0n) is 12.0. The van der Waals surface area contributed by atoms with E-state index in [4.69, 9.17) is 4.42 Å². The molecule has 0 amide bonds. The fourth-order valence-corrected chi connectivity index (χ4v) is 1.96. The summed E-state index contributed by atoms with van der Waals surface area (Å²) in [4.78, 5) is 2.57. The van der Waals surface area contributed by atoms with Crippen LogP contribution in [-0.2, 0) is 6.54 Å². The Bertz CT molecular complexity index is 264. The van der Waals surface area contributed by atoms with Crippen molar-refractivity contribution in [3.05, 3.63) is 24.2 Å². The molecule has 0 bridgehead atoms. The Hall–Kier alpha value is -0.800. The molecule has 0 fully saturated rings. The standard InChI is InChI=1S/C15H28N2O/c1-3-5-10-17(11-6-4-2)12-9-16-14-15-8-7-13-18-15/h7-8,13,16H,3-6,9-12,14H2,1-2H3. The summed E-state index contributed by atoms with van der Waals surface area (Å²) in [6.07, 6.45) is 6.90. The van der Waals surface area contributed by atoms with Crippen molar-refractivity contribution in [3.8, 4) is 0 Å². The average Bonchev–Trinajstić information content (AvgIpc) is 2.90. The molecule has 3 heteroatoms. The van der Waals surface area contributed by atoms with Crippen LogP contribution in [0.5, 0.6) is 0 Å². The number of unbranched alkanes of at least 4 members (excludes halogenated alkanes) is 2. The summed E-state index contributed by atoms with van der Waals surface area (Å²) in [5, 5.41) is 3.44. The lowest BCUT2D eigenvalue weighted by Crippen LogP contribution is -2.33. The summed E-state index contributed by atoms with van der Waals surface area (Å²) < 4.78 is 5.29. The second kappa shape index (κ2) is 10.2. The minimum Gasteiger partial charge on any atom is -0.468 e. The highest BCUT2D eigenvalue weighted by Crippen LogP contribution is 2.00. The Balaban J connectivity index is 2.11. The smallest absolute Gasteiger partial charge is 0.117 e. The molecule has 1 N–H and O–H groups in total. The molecule has 0 radical (unpaired) electrons. The third kappa shape index (κ3) is 6.82. The van der Waals surface area contributed by atoms with Crippen LogP contribution in [0.4, 0.5) is 0 Å². The van der Waals surface area contributed by atoms with Crippen molar-refractivity contribution in [2.24, 2.45) is 0 Å². The van der Waals surface area contributed by atoms with Crippen LogP contribution in [0.3, 0.4) is 0 Å². The molecule has 18 heavy (non-hydrogen) atoms. The van der Waals surface area contributed by atoms with Gasteiger partial charge in [0.05, 0.1) is 12.8 Å². The van der Waals surface area contributed by atoms with Gasteiger partial charge in [-0.15, -0.1) is 0 Å².